The van der Waals surface area contributed by atoms with Gasteiger partial charge in [-0.1, -0.05) is 6.07 Å². The molecule has 1 unspecified atom stereocenters. The maximum atomic E-state index is 14.5. The summed E-state index contributed by atoms with van der Waals surface area (Å²) >= 11 is 0. The third-order valence-electron chi connectivity index (χ3n) is 7.14. The third kappa shape index (κ3) is 6.34. The summed E-state index contributed by atoms with van der Waals surface area (Å²) in [6.07, 6.45) is 3.07. The van der Waals surface area contributed by atoms with E-state index in [1.165, 1.54) is 18.5 Å². The van der Waals surface area contributed by atoms with Crippen LogP contribution in [0.2, 0.25) is 0 Å². The molecular formula is C30H34FN7O4. The second-order valence-electron chi connectivity index (χ2n) is 10.3. The highest BCUT2D eigenvalue weighted by Crippen LogP contribution is 2.29. The van der Waals surface area contributed by atoms with Crippen molar-refractivity contribution in [3.63, 3.8) is 0 Å². The van der Waals surface area contributed by atoms with Gasteiger partial charge in [-0.05, 0) is 62.2 Å². The lowest BCUT2D eigenvalue weighted by molar-refractivity contribution is 0.0904. The van der Waals surface area contributed by atoms with Gasteiger partial charge in [-0.2, -0.15) is 5.10 Å². The molecule has 0 radical (unpaired) electrons. The van der Waals surface area contributed by atoms with E-state index in [2.05, 4.69) is 26.0 Å². The topological polar surface area (TPSA) is 122 Å². The number of aryl methyl sites for hydroxylation is 2. The molecule has 1 aliphatic rings. The van der Waals surface area contributed by atoms with Crippen LogP contribution < -0.4 is 20.9 Å². The third-order valence-corrected chi connectivity index (χ3v) is 7.14. The summed E-state index contributed by atoms with van der Waals surface area (Å²) in [5, 5.41) is 13.4. The first kappa shape index (κ1) is 29.0. The smallest absolute Gasteiger partial charge is 0.255 e. The van der Waals surface area contributed by atoms with Gasteiger partial charge in [0.15, 0.2) is 5.82 Å². The lowest BCUT2D eigenvalue weighted by atomic mass is 10.1. The number of carbonyl (C=O) groups excluding carboxylic acids is 2. The molecule has 2 amide bonds. The number of hydrogen-bond acceptors (Lipinski definition) is 8. The van der Waals surface area contributed by atoms with E-state index in [4.69, 9.17) is 9.47 Å². The van der Waals surface area contributed by atoms with Crippen molar-refractivity contribution in [1.29, 1.82) is 0 Å². The number of anilines is 4. The van der Waals surface area contributed by atoms with Gasteiger partial charge in [0, 0.05) is 55.1 Å². The molecule has 0 bridgehead atoms. The molecule has 1 aliphatic heterocycles. The predicted molar refractivity (Wildman–Crippen MR) is 158 cm³/mol. The number of benzene rings is 2. The molecule has 0 saturated carbocycles. The Hall–Kier alpha value is -4.55. The van der Waals surface area contributed by atoms with Gasteiger partial charge in [0.1, 0.15) is 17.7 Å². The molecule has 0 aliphatic carbocycles. The summed E-state index contributed by atoms with van der Waals surface area (Å²) < 4.78 is 26.6. The molecule has 5 rings (SSSR count). The summed E-state index contributed by atoms with van der Waals surface area (Å²) in [7, 11) is 1.58. The second-order valence-corrected chi connectivity index (χ2v) is 10.3. The first-order valence-electron chi connectivity index (χ1n) is 13.7. The molecule has 1 atom stereocenters. The molecule has 1 fully saturated rings. The van der Waals surface area contributed by atoms with E-state index < -0.39 is 11.7 Å². The van der Waals surface area contributed by atoms with Crippen LogP contribution in [0.15, 0.2) is 48.9 Å². The zero-order valence-corrected chi connectivity index (χ0v) is 24.0. The molecule has 42 heavy (non-hydrogen) atoms. The van der Waals surface area contributed by atoms with Crippen molar-refractivity contribution < 1.29 is 23.5 Å². The van der Waals surface area contributed by atoms with E-state index in [1.807, 2.05) is 31.7 Å². The number of methoxy groups -OCH3 is 1. The quantitative estimate of drug-likeness (QED) is 0.273. The number of halogens is 1. The normalized spacial score (nSPS) is 14.1. The number of nitrogens with zero attached hydrogens (tertiary/aromatic N) is 4. The Kier molecular flexibility index (Phi) is 8.64. The van der Waals surface area contributed by atoms with Crippen LogP contribution in [0, 0.1) is 19.7 Å². The Labute approximate surface area is 243 Å². The standard InChI is InChI=1S/C30H34FN7O4/c1-18-5-6-23(35-29(39)21-11-22(31)13-24(12-21)37-7-9-42-10-8-37)14-26(18)36-28-27-20(3)25(15-38(27)33-17-32-28)30(40)34-19(2)16-41-4/h5-6,11-15,17,19H,7-10,16H2,1-4H3,(H,34,40)(H,35,39)(H,32,33,36). The molecular weight excluding hydrogens is 541 g/mol. The zero-order chi connectivity index (χ0) is 29.8. The summed E-state index contributed by atoms with van der Waals surface area (Å²) in [4.78, 5) is 32.5. The lowest BCUT2D eigenvalue weighted by Gasteiger charge is -2.29. The fourth-order valence-electron chi connectivity index (χ4n) is 4.95. The number of rotatable bonds is 9. The SMILES string of the molecule is COCC(C)NC(=O)c1cn2ncnc(Nc3cc(NC(=O)c4cc(F)cc(N5CCOCC5)c4)ccc3C)c2c1C. The van der Waals surface area contributed by atoms with Crippen LogP contribution in [0.3, 0.4) is 0 Å². The number of aromatic nitrogens is 3. The van der Waals surface area contributed by atoms with Crippen molar-refractivity contribution in [2.75, 3.05) is 55.6 Å². The van der Waals surface area contributed by atoms with Gasteiger partial charge in [-0.3, -0.25) is 9.59 Å². The highest BCUT2D eigenvalue weighted by molar-refractivity contribution is 6.05. The molecule has 4 aromatic rings. The minimum Gasteiger partial charge on any atom is -0.383 e. The molecule has 12 heteroatoms. The van der Waals surface area contributed by atoms with E-state index in [-0.39, 0.29) is 17.5 Å². The number of ether oxygens (including phenoxy) is 2. The van der Waals surface area contributed by atoms with Crippen LogP contribution in [-0.2, 0) is 9.47 Å². The monoisotopic (exact) mass is 575 g/mol. The highest BCUT2D eigenvalue weighted by Gasteiger charge is 2.20. The molecule has 3 N–H and O–H groups in total. The molecule has 220 valence electrons. The average molecular weight is 576 g/mol. The van der Waals surface area contributed by atoms with E-state index >= 15 is 0 Å². The van der Waals surface area contributed by atoms with Gasteiger partial charge in [-0.15, -0.1) is 0 Å². The fourth-order valence-corrected chi connectivity index (χ4v) is 4.95. The van der Waals surface area contributed by atoms with Crippen LogP contribution in [0.5, 0.6) is 0 Å². The van der Waals surface area contributed by atoms with E-state index in [0.29, 0.717) is 72.4 Å². The van der Waals surface area contributed by atoms with E-state index in [1.54, 1.807) is 36.0 Å². The largest absolute Gasteiger partial charge is 0.383 e. The predicted octanol–water partition coefficient (Wildman–Crippen LogP) is 4.08. The van der Waals surface area contributed by atoms with Crippen LogP contribution in [-0.4, -0.2) is 72.5 Å². The minimum absolute atomic E-state index is 0.160. The number of amides is 2. The Morgan fingerprint density at radius 1 is 1.12 bits per heavy atom. The van der Waals surface area contributed by atoms with E-state index in [9.17, 15) is 14.0 Å². The average Bonchev–Trinajstić information content (AvgIpc) is 3.32. The first-order chi connectivity index (χ1) is 20.2. The summed E-state index contributed by atoms with van der Waals surface area (Å²) in [5.74, 6) is -0.641. The van der Waals surface area contributed by atoms with Crippen molar-refractivity contribution in [3.8, 4) is 0 Å². The zero-order valence-electron chi connectivity index (χ0n) is 24.0. The number of carbonyl (C=O) groups is 2. The van der Waals surface area contributed by atoms with Gasteiger partial charge in [-0.25, -0.2) is 13.9 Å². The first-order valence-corrected chi connectivity index (χ1v) is 13.7. The Morgan fingerprint density at radius 3 is 2.67 bits per heavy atom. The number of nitrogens with one attached hydrogen (secondary N) is 3. The number of fused-ring (bicyclic) bond motifs is 1. The maximum Gasteiger partial charge on any atom is 0.255 e. The molecule has 2 aromatic heterocycles. The lowest BCUT2D eigenvalue weighted by Crippen LogP contribution is -2.36. The molecule has 0 spiro atoms. The van der Waals surface area contributed by atoms with Crippen LogP contribution in [0.4, 0.5) is 27.3 Å². The van der Waals surface area contributed by atoms with Gasteiger partial charge < -0.3 is 30.3 Å². The van der Waals surface area contributed by atoms with Gasteiger partial charge in [0.2, 0.25) is 0 Å². The van der Waals surface area contributed by atoms with Crippen molar-refractivity contribution in [3.05, 3.63) is 77.0 Å². The van der Waals surface area contributed by atoms with Crippen LogP contribution in [0.25, 0.3) is 5.52 Å². The number of morpholine rings is 1. The van der Waals surface area contributed by atoms with Crippen molar-refractivity contribution in [1.82, 2.24) is 19.9 Å². The Balaban J connectivity index is 1.37. The molecule has 1 saturated heterocycles. The molecule has 2 aromatic carbocycles. The Bertz CT molecular complexity index is 1620. The molecule has 3 heterocycles. The summed E-state index contributed by atoms with van der Waals surface area (Å²) in [6, 6.07) is 9.61. The summed E-state index contributed by atoms with van der Waals surface area (Å²) in [6.45, 7) is 8.40. The van der Waals surface area contributed by atoms with Crippen molar-refractivity contribution >= 4 is 40.2 Å². The second kappa shape index (κ2) is 12.5. The Morgan fingerprint density at radius 2 is 1.90 bits per heavy atom. The van der Waals surface area contributed by atoms with E-state index in [0.717, 1.165) is 5.56 Å². The van der Waals surface area contributed by atoms with Gasteiger partial charge in [0.25, 0.3) is 11.8 Å². The van der Waals surface area contributed by atoms with Crippen LogP contribution in [0.1, 0.15) is 38.8 Å². The fraction of sp³-hybridized carbons (Fsp3) is 0.333. The number of hydrogen-bond donors (Lipinski definition) is 3. The molecule has 11 nitrogen and oxygen atoms in total. The van der Waals surface area contributed by atoms with Gasteiger partial charge >= 0.3 is 0 Å². The van der Waals surface area contributed by atoms with Crippen LogP contribution >= 0.6 is 0 Å². The highest BCUT2D eigenvalue weighted by atomic mass is 19.1. The van der Waals surface area contributed by atoms with Crippen molar-refractivity contribution in [2.24, 2.45) is 0 Å². The van der Waals surface area contributed by atoms with Crippen molar-refractivity contribution in [2.45, 2.75) is 26.8 Å². The maximum absolute atomic E-state index is 14.5. The van der Waals surface area contributed by atoms with Gasteiger partial charge in [0.05, 0.1) is 25.4 Å². The summed E-state index contributed by atoms with van der Waals surface area (Å²) in [5.41, 5.74) is 4.82. The minimum atomic E-state index is -0.480.